The van der Waals surface area contributed by atoms with Gasteiger partial charge in [-0.05, 0) is 0 Å². The van der Waals surface area contributed by atoms with Gasteiger partial charge in [0.25, 0.3) is 0 Å². The van der Waals surface area contributed by atoms with E-state index < -0.39 is 0 Å². The van der Waals surface area contributed by atoms with Gasteiger partial charge >= 0.3 is 68.8 Å². The topological polar surface area (TPSA) is 9.23 Å². The van der Waals surface area contributed by atoms with E-state index in [-0.39, 0.29) is 0 Å². The molecule has 0 saturated heterocycles. The summed E-state index contributed by atoms with van der Waals surface area (Å²) in [6.07, 6.45) is 0. The second kappa shape index (κ2) is 3.65. The van der Waals surface area contributed by atoms with Gasteiger partial charge in [-0.15, -0.1) is 0 Å². The molecule has 10 heavy (non-hydrogen) atoms. The molecule has 1 rings (SSSR count). The fourth-order valence-corrected chi connectivity index (χ4v) is 0.988. The molecule has 2 heteroatoms. The predicted molar refractivity (Wildman–Crippen MR) is 43.0 cm³/mol. The molecule has 0 aliphatic carbocycles. The minimum atomic E-state index is 0.729. The SMILES string of the molecule is CCOc1ccc([Se])cc1. The van der Waals surface area contributed by atoms with E-state index in [9.17, 15) is 0 Å². The van der Waals surface area contributed by atoms with Crippen molar-refractivity contribution in [3.05, 3.63) is 24.3 Å². The summed E-state index contributed by atoms with van der Waals surface area (Å²) in [5, 5.41) is 0. The molecular weight excluding hydrogens is 191 g/mol. The van der Waals surface area contributed by atoms with Gasteiger partial charge in [-0.1, -0.05) is 0 Å². The summed E-state index contributed by atoms with van der Waals surface area (Å²) >= 11 is 2.92. The van der Waals surface area contributed by atoms with Crippen molar-refractivity contribution >= 4 is 20.5 Å². The van der Waals surface area contributed by atoms with Crippen molar-refractivity contribution in [2.45, 2.75) is 6.92 Å². The number of hydrogen-bond acceptors (Lipinski definition) is 1. The third-order valence-corrected chi connectivity index (χ3v) is 1.71. The summed E-state index contributed by atoms with van der Waals surface area (Å²) in [5.41, 5.74) is 0. The van der Waals surface area contributed by atoms with Crippen molar-refractivity contribution in [3.8, 4) is 5.75 Å². The van der Waals surface area contributed by atoms with E-state index in [0.717, 1.165) is 16.8 Å². The first kappa shape index (κ1) is 7.64. The second-order valence-corrected chi connectivity index (χ2v) is 2.89. The summed E-state index contributed by atoms with van der Waals surface area (Å²) in [5.74, 6) is 0.932. The normalized spacial score (nSPS) is 9.30. The minimum absolute atomic E-state index is 0.729. The molecule has 0 aliphatic rings. The van der Waals surface area contributed by atoms with Gasteiger partial charge in [0, 0.05) is 0 Å². The molecule has 0 aliphatic heterocycles. The van der Waals surface area contributed by atoms with Crippen LogP contribution >= 0.6 is 0 Å². The number of rotatable bonds is 2. The first-order valence-corrected chi connectivity index (χ1v) is 4.08. The third kappa shape index (κ3) is 2.05. The quantitative estimate of drug-likeness (QED) is 0.644. The number of benzene rings is 1. The standard InChI is InChI=1S/C8H9OSe/c1-2-9-7-3-5-8(10)6-4-7/h3-6H,2H2,1H3. The summed E-state index contributed by atoms with van der Waals surface area (Å²) < 4.78 is 6.39. The molecule has 0 amide bonds. The van der Waals surface area contributed by atoms with Crippen molar-refractivity contribution in [1.82, 2.24) is 0 Å². The van der Waals surface area contributed by atoms with Crippen molar-refractivity contribution < 1.29 is 4.74 Å². The zero-order valence-electron chi connectivity index (χ0n) is 5.83. The van der Waals surface area contributed by atoms with Crippen LogP contribution in [0.4, 0.5) is 0 Å². The van der Waals surface area contributed by atoms with Crippen LogP contribution in [0.5, 0.6) is 5.75 Å². The fourth-order valence-electron chi connectivity index (χ4n) is 0.703. The van der Waals surface area contributed by atoms with E-state index in [1.54, 1.807) is 0 Å². The first-order valence-electron chi connectivity index (χ1n) is 3.23. The summed E-state index contributed by atoms with van der Waals surface area (Å²) in [7, 11) is 0. The van der Waals surface area contributed by atoms with Gasteiger partial charge in [-0.25, -0.2) is 0 Å². The van der Waals surface area contributed by atoms with Crippen LogP contribution in [0.25, 0.3) is 0 Å². The Hall–Kier alpha value is -0.461. The monoisotopic (exact) mass is 201 g/mol. The molecule has 1 aromatic carbocycles. The third-order valence-electron chi connectivity index (χ3n) is 1.13. The number of hydrogen-bond donors (Lipinski definition) is 0. The zero-order chi connectivity index (χ0) is 7.40. The average molecular weight is 200 g/mol. The van der Waals surface area contributed by atoms with Crippen LogP contribution in [-0.2, 0) is 0 Å². The Morgan fingerprint density at radius 1 is 1.30 bits per heavy atom. The Bertz CT molecular complexity index is 193. The molecular formula is C8H9OSe. The van der Waals surface area contributed by atoms with Crippen molar-refractivity contribution in [3.63, 3.8) is 0 Å². The van der Waals surface area contributed by atoms with Crippen LogP contribution in [0.1, 0.15) is 6.92 Å². The maximum absolute atomic E-state index is 5.25. The molecule has 53 valence electrons. The van der Waals surface area contributed by atoms with Crippen LogP contribution in [0.15, 0.2) is 24.3 Å². The van der Waals surface area contributed by atoms with Gasteiger partial charge < -0.3 is 0 Å². The molecule has 0 spiro atoms. The Kier molecular flexibility index (Phi) is 2.79. The van der Waals surface area contributed by atoms with Crippen LogP contribution in [-0.4, -0.2) is 22.6 Å². The van der Waals surface area contributed by atoms with Crippen molar-refractivity contribution in [2.75, 3.05) is 6.61 Å². The maximum atomic E-state index is 5.25. The van der Waals surface area contributed by atoms with E-state index in [1.165, 1.54) is 0 Å². The Morgan fingerprint density at radius 2 is 1.90 bits per heavy atom. The van der Waals surface area contributed by atoms with Gasteiger partial charge in [-0.3, -0.25) is 0 Å². The fraction of sp³-hybridized carbons (Fsp3) is 0.250. The van der Waals surface area contributed by atoms with E-state index in [0.29, 0.717) is 0 Å². The second-order valence-electron chi connectivity index (χ2n) is 1.90. The number of ether oxygens (including phenoxy) is 1. The molecule has 0 atom stereocenters. The van der Waals surface area contributed by atoms with E-state index in [4.69, 9.17) is 4.74 Å². The summed E-state index contributed by atoms with van der Waals surface area (Å²) in [6, 6.07) is 7.89. The van der Waals surface area contributed by atoms with E-state index in [2.05, 4.69) is 16.0 Å². The molecule has 0 fully saturated rings. The molecule has 0 N–H and O–H groups in total. The predicted octanol–water partition coefficient (Wildman–Crippen LogP) is 0.879. The summed E-state index contributed by atoms with van der Waals surface area (Å²) in [4.78, 5) is 0. The van der Waals surface area contributed by atoms with Crippen LogP contribution < -0.4 is 9.20 Å². The molecule has 1 aromatic rings. The van der Waals surface area contributed by atoms with Gasteiger partial charge in [-0.2, -0.15) is 0 Å². The first-order chi connectivity index (χ1) is 4.83. The van der Waals surface area contributed by atoms with Gasteiger partial charge in [0.1, 0.15) is 0 Å². The average Bonchev–Trinajstić information content (AvgIpc) is 1.95. The summed E-state index contributed by atoms with van der Waals surface area (Å²) in [6.45, 7) is 2.71. The molecule has 0 heterocycles. The van der Waals surface area contributed by atoms with Crippen LogP contribution in [0.3, 0.4) is 0 Å². The van der Waals surface area contributed by atoms with Gasteiger partial charge in [0.2, 0.25) is 0 Å². The van der Waals surface area contributed by atoms with Crippen LogP contribution in [0, 0.1) is 0 Å². The Morgan fingerprint density at radius 3 is 2.40 bits per heavy atom. The van der Waals surface area contributed by atoms with Crippen molar-refractivity contribution in [1.29, 1.82) is 0 Å². The van der Waals surface area contributed by atoms with E-state index >= 15 is 0 Å². The van der Waals surface area contributed by atoms with Gasteiger partial charge in [0.05, 0.1) is 0 Å². The molecule has 0 bridgehead atoms. The van der Waals surface area contributed by atoms with Crippen molar-refractivity contribution in [2.24, 2.45) is 0 Å². The molecule has 1 nitrogen and oxygen atoms in total. The Balaban J connectivity index is 2.69. The zero-order valence-corrected chi connectivity index (χ0v) is 7.55. The Labute approximate surface area is 69.2 Å². The molecule has 0 aromatic heterocycles. The van der Waals surface area contributed by atoms with Gasteiger partial charge in [0.15, 0.2) is 0 Å². The molecule has 1 radical (unpaired) electrons. The van der Waals surface area contributed by atoms with Crippen LogP contribution in [0.2, 0.25) is 0 Å². The molecule has 0 unspecified atom stereocenters. The van der Waals surface area contributed by atoms with E-state index in [1.807, 2.05) is 31.2 Å². The molecule has 0 saturated carbocycles.